The summed E-state index contributed by atoms with van der Waals surface area (Å²) < 4.78 is 0. The van der Waals surface area contributed by atoms with Gasteiger partial charge in [-0.2, -0.15) is 15.0 Å². The number of amides is 2. The second kappa shape index (κ2) is 3.62. The minimum absolute atomic E-state index is 0.149. The van der Waals surface area contributed by atoms with Crippen LogP contribution in [0.2, 0.25) is 0 Å². The molecule has 0 saturated heterocycles. The molecule has 15 heavy (non-hydrogen) atoms. The van der Waals surface area contributed by atoms with Gasteiger partial charge < -0.3 is 4.98 Å². The Morgan fingerprint density at radius 1 is 1.40 bits per heavy atom. The zero-order valence-corrected chi connectivity index (χ0v) is 8.04. The highest BCUT2D eigenvalue weighted by atomic mass is 32.1. The van der Waals surface area contributed by atoms with E-state index < -0.39 is 11.7 Å². The molecule has 1 aliphatic rings. The van der Waals surface area contributed by atoms with Gasteiger partial charge in [-0.25, -0.2) is 9.59 Å². The van der Waals surface area contributed by atoms with Gasteiger partial charge in [-0.3, -0.25) is 0 Å². The average molecular weight is 219 g/mol. The molecule has 0 bridgehead atoms. The van der Waals surface area contributed by atoms with Crippen LogP contribution < -0.4 is 5.69 Å². The lowest BCUT2D eigenvalue weighted by atomic mass is 10.2. The van der Waals surface area contributed by atoms with Crippen LogP contribution in [0, 0.1) is 0 Å². The van der Waals surface area contributed by atoms with Crippen molar-refractivity contribution in [2.75, 3.05) is 0 Å². The summed E-state index contributed by atoms with van der Waals surface area (Å²) in [5.74, 6) is 0. The van der Waals surface area contributed by atoms with E-state index in [0.717, 1.165) is 0 Å². The van der Waals surface area contributed by atoms with Gasteiger partial charge >= 0.3 is 11.7 Å². The normalized spacial score (nSPS) is 15.3. The van der Waals surface area contributed by atoms with Crippen molar-refractivity contribution in [3.63, 3.8) is 0 Å². The topological polar surface area (TPSA) is 87.5 Å². The summed E-state index contributed by atoms with van der Waals surface area (Å²) in [6, 6.07) is 0.785. The molecule has 1 aromatic rings. The molecule has 1 aromatic heterocycles. The smallest absolute Gasteiger partial charge is 0.313 e. The number of nitrogens with one attached hydrogen (secondary N) is 1. The molecule has 1 radical (unpaired) electrons. The third-order valence-electron chi connectivity index (χ3n) is 1.59. The molecular weight excluding hydrogens is 216 g/mol. The highest BCUT2D eigenvalue weighted by Gasteiger charge is 2.16. The van der Waals surface area contributed by atoms with Crippen LogP contribution in [0.3, 0.4) is 0 Å². The molecule has 0 saturated carbocycles. The number of aliphatic imine (C=N–C) groups is 2. The first-order valence-corrected chi connectivity index (χ1v) is 4.27. The molecule has 2 amide bonds. The number of aromatic amines is 1. The van der Waals surface area contributed by atoms with Crippen molar-refractivity contribution >= 4 is 35.0 Å². The predicted molar refractivity (Wildman–Crippen MR) is 56.8 cm³/mol. The van der Waals surface area contributed by atoms with Gasteiger partial charge in [0.1, 0.15) is 11.9 Å². The zero-order chi connectivity index (χ0) is 10.8. The molecule has 1 aliphatic heterocycles. The Labute approximate surface area is 88.8 Å². The number of H-pyrrole nitrogens is 1. The van der Waals surface area contributed by atoms with E-state index in [1.54, 1.807) is 0 Å². The Morgan fingerprint density at radius 3 is 2.93 bits per heavy atom. The second-order valence-electron chi connectivity index (χ2n) is 2.58. The fraction of sp³-hybridized carbons (Fsp3) is 0. The van der Waals surface area contributed by atoms with Crippen molar-refractivity contribution in [1.29, 1.82) is 0 Å². The lowest BCUT2D eigenvalue weighted by Crippen LogP contribution is -2.24. The molecule has 2 heterocycles. The van der Waals surface area contributed by atoms with Crippen LogP contribution in [0.5, 0.6) is 0 Å². The van der Waals surface area contributed by atoms with Crippen molar-refractivity contribution in [1.82, 2.24) is 9.97 Å². The lowest BCUT2D eigenvalue weighted by Gasteiger charge is -2.04. The highest BCUT2D eigenvalue weighted by Crippen LogP contribution is 2.02. The molecule has 73 valence electrons. The minimum atomic E-state index is -0.708. The third-order valence-corrected chi connectivity index (χ3v) is 1.87. The van der Waals surface area contributed by atoms with Gasteiger partial charge in [0.05, 0.1) is 10.6 Å². The number of aromatic nitrogens is 2. The van der Waals surface area contributed by atoms with Gasteiger partial charge in [-0.1, -0.05) is 12.2 Å². The Morgan fingerprint density at radius 2 is 2.20 bits per heavy atom. The molecule has 1 N–H and O–H groups in total. The molecule has 6 nitrogen and oxygen atoms in total. The summed E-state index contributed by atoms with van der Waals surface area (Å²) >= 11 is 4.87. The number of thiocarbonyl (C=S) groups is 1. The van der Waals surface area contributed by atoms with Crippen molar-refractivity contribution in [3.8, 4) is 0 Å². The number of hydrogen-bond donors (Lipinski definition) is 1. The van der Waals surface area contributed by atoms with Crippen molar-refractivity contribution in [2.24, 2.45) is 9.98 Å². The first kappa shape index (κ1) is 9.53. The fourth-order valence-corrected chi connectivity index (χ4v) is 1.20. The van der Waals surface area contributed by atoms with E-state index in [2.05, 4.69) is 26.2 Å². The van der Waals surface area contributed by atoms with E-state index in [0.29, 0.717) is 0 Å². The molecule has 0 aliphatic carbocycles. The van der Waals surface area contributed by atoms with E-state index in [1.807, 2.05) is 0 Å². The van der Waals surface area contributed by atoms with E-state index in [4.69, 9.17) is 12.2 Å². The summed E-state index contributed by atoms with van der Waals surface area (Å²) in [5, 5.41) is 0. The molecule has 0 fully saturated rings. The predicted octanol–water partition coefficient (Wildman–Crippen LogP) is 0.0103. The van der Waals surface area contributed by atoms with E-state index >= 15 is 0 Å². The van der Waals surface area contributed by atoms with Crippen molar-refractivity contribution < 1.29 is 4.79 Å². The largest absolute Gasteiger partial charge is 0.368 e. The van der Waals surface area contributed by atoms with Crippen molar-refractivity contribution in [3.05, 3.63) is 28.4 Å². The standard InChI is InChI=1S/C8H3N4O2S/c13-7-9-2-1-4(11-7)6-5(15)3-10-8(14)12-6/h1-2H,(H,9,11,13). The first-order chi connectivity index (χ1) is 7.16. The maximum atomic E-state index is 10.9. The summed E-state index contributed by atoms with van der Waals surface area (Å²) in [6.45, 7) is 0. The Hall–Kier alpha value is -2.02. The van der Waals surface area contributed by atoms with Crippen LogP contribution in [-0.2, 0) is 0 Å². The summed E-state index contributed by atoms with van der Waals surface area (Å²) in [6.07, 6.45) is 3.72. The van der Waals surface area contributed by atoms with E-state index in [-0.39, 0.29) is 16.3 Å². The van der Waals surface area contributed by atoms with Crippen LogP contribution in [0.1, 0.15) is 5.69 Å². The Bertz CT molecular complexity index is 558. The number of urea groups is 1. The molecule has 7 heteroatoms. The average Bonchev–Trinajstić information content (AvgIpc) is 2.22. The lowest BCUT2D eigenvalue weighted by molar-refractivity contribution is 0.257. The maximum Gasteiger partial charge on any atom is 0.368 e. The van der Waals surface area contributed by atoms with E-state index in [1.165, 1.54) is 12.3 Å². The van der Waals surface area contributed by atoms with Gasteiger partial charge in [-0.15, -0.1) is 0 Å². The SMILES string of the molecule is O=C1N=[C]C(=S)C(c2cc[nH]c(=O)n2)=N1. The van der Waals surface area contributed by atoms with E-state index in [9.17, 15) is 9.59 Å². The van der Waals surface area contributed by atoms with Crippen LogP contribution in [0.4, 0.5) is 4.79 Å². The molecular formula is C8H3N4O2S. The number of hydrogen-bond acceptors (Lipinski definition) is 4. The quantitative estimate of drug-likeness (QED) is 0.674. The third kappa shape index (κ3) is 1.91. The molecule has 2 rings (SSSR count). The molecule has 0 atom stereocenters. The summed E-state index contributed by atoms with van der Waals surface area (Å²) in [4.78, 5) is 34.8. The van der Waals surface area contributed by atoms with Crippen LogP contribution >= 0.6 is 12.2 Å². The van der Waals surface area contributed by atoms with Crippen LogP contribution in [0.25, 0.3) is 0 Å². The van der Waals surface area contributed by atoms with Gasteiger partial charge in [0, 0.05) is 6.20 Å². The Kier molecular flexibility index (Phi) is 2.30. The molecule has 0 spiro atoms. The van der Waals surface area contributed by atoms with Gasteiger partial charge in [0.15, 0.2) is 0 Å². The zero-order valence-electron chi connectivity index (χ0n) is 7.22. The Balaban J connectivity index is 2.52. The molecule has 0 unspecified atom stereocenters. The van der Waals surface area contributed by atoms with Crippen LogP contribution in [-0.4, -0.2) is 32.8 Å². The number of rotatable bonds is 1. The monoisotopic (exact) mass is 219 g/mol. The summed E-state index contributed by atoms with van der Waals surface area (Å²) in [7, 11) is 0. The molecule has 0 aromatic carbocycles. The maximum absolute atomic E-state index is 10.9. The minimum Gasteiger partial charge on any atom is -0.313 e. The highest BCUT2D eigenvalue weighted by molar-refractivity contribution is 7.84. The van der Waals surface area contributed by atoms with Gasteiger partial charge in [0.2, 0.25) is 0 Å². The van der Waals surface area contributed by atoms with Gasteiger partial charge in [-0.05, 0) is 6.07 Å². The first-order valence-electron chi connectivity index (χ1n) is 3.86. The van der Waals surface area contributed by atoms with Gasteiger partial charge in [0.25, 0.3) is 0 Å². The summed E-state index contributed by atoms with van der Waals surface area (Å²) in [5.41, 5.74) is -0.149. The number of nitrogens with zero attached hydrogens (tertiary/aromatic N) is 3. The number of carbonyl (C=O) groups is 1. The second-order valence-corrected chi connectivity index (χ2v) is 2.98. The number of carbonyl (C=O) groups excluding carboxylic acids is 1. The van der Waals surface area contributed by atoms with Crippen LogP contribution in [0.15, 0.2) is 27.0 Å². The fourth-order valence-electron chi connectivity index (χ4n) is 0.999. The van der Waals surface area contributed by atoms with Crippen molar-refractivity contribution in [2.45, 2.75) is 0 Å².